The van der Waals surface area contributed by atoms with E-state index >= 15 is 0 Å². The Balaban J connectivity index is 2.79. The van der Waals surface area contributed by atoms with Gasteiger partial charge in [-0.3, -0.25) is 0 Å². The molecule has 0 fully saturated rings. The van der Waals surface area contributed by atoms with E-state index in [-0.39, 0.29) is 16.7 Å². The highest BCUT2D eigenvalue weighted by Gasteiger charge is 2.21. The molecule has 100 valence electrons. The molecule has 0 unspecified atom stereocenters. The number of rotatable bonds is 1. The Morgan fingerprint density at radius 3 is 1.84 bits per heavy atom. The molecule has 0 aliphatic rings. The average Bonchev–Trinajstić information content (AvgIpc) is 2.38. The summed E-state index contributed by atoms with van der Waals surface area (Å²) in [5.41, 5.74) is 2.17. The van der Waals surface area contributed by atoms with E-state index in [2.05, 4.69) is 0 Å². The van der Waals surface area contributed by atoms with Crippen molar-refractivity contribution in [3.8, 4) is 11.1 Å². The monoisotopic (exact) mass is 264 g/mol. The summed E-state index contributed by atoms with van der Waals surface area (Å²) < 4.78 is 42.0. The van der Waals surface area contributed by atoms with E-state index in [9.17, 15) is 13.2 Å². The summed E-state index contributed by atoms with van der Waals surface area (Å²) >= 11 is 0. The number of halogens is 3. The van der Waals surface area contributed by atoms with Crippen molar-refractivity contribution in [2.45, 2.75) is 27.7 Å². The minimum absolute atomic E-state index is 0.0163. The molecule has 2 aromatic carbocycles. The molecule has 3 heteroatoms. The van der Waals surface area contributed by atoms with Crippen LogP contribution in [0, 0.1) is 45.1 Å². The molecule has 19 heavy (non-hydrogen) atoms. The maximum absolute atomic E-state index is 14.2. The molecule has 0 amide bonds. The van der Waals surface area contributed by atoms with Gasteiger partial charge in [0.25, 0.3) is 0 Å². The van der Waals surface area contributed by atoms with Crippen LogP contribution in [0.25, 0.3) is 11.1 Å². The minimum Gasteiger partial charge on any atom is -0.206 e. The SMILES string of the molecule is Cc1ccc(-c2c(F)c(C)c(C)c(F)c2F)cc1C. The molecule has 0 N–H and O–H groups in total. The predicted molar refractivity (Wildman–Crippen MR) is 70.7 cm³/mol. The summed E-state index contributed by atoms with van der Waals surface area (Å²) in [7, 11) is 0. The van der Waals surface area contributed by atoms with Crippen LogP contribution in [-0.4, -0.2) is 0 Å². The second-order valence-electron chi connectivity index (χ2n) is 4.87. The van der Waals surface area contributed by atoms with Crippen molar-refractivity contribution in [3.63, 3.8) is 0 Å². The maximum Gasteiger partial charge on any atom is 0.169 e. The zero-order valence-electron chi connectivity index (χ0n) is 11.4. The van der Waals surface area contributed by atoms with Crippen LogP contribution in [-0.2, 0) is 0 Å². The summed E-state index contributed by atoms with van der Waals surface area (Å²) in [5, 5.41) is 0. The topological polar surface area (TPSA) is 0 Å². The lowest BCUT2D eigenvalue weighted by molar-refractivity contribution is 0.490. The first-order valence-electron chi connectivity index (χ1n) is 6.05. The fourth-order valence-electron chi connectivity index (χ4n) is 2.04. The largest absolute Gasteiger partial charge is 0.206 e. The molecule has 0 aliphatic carbocycles. The van der Waals surface area contributed by atoms with Gasteiger partial charge in [-0.05, 0) is 55.5 Å². The molecule has 0 heterocycles. The lowest BCUT2D eigenvalue weighted by Gasteiger charge is -2.13. The standard InChI is InChI=1S/C16H15F3/c1-8-5-6-12(7-9(8)2)13-14(17)10(3)11(4)15(18)16(13)19/h5-7H,1-4H3. The van der Waals surface area contributed by atoms with E-state index in [1.807, 2.05) is 13.8 Å². The van der Waals surface area contributed by atoms with Gasteiger partial charge < -0.3 is 0 Å². The second-order valence-corrected chi connectivity index (χ2v) is 4.87. The summed E-state index contributed by atoms with van der Waals surface area (Å²) in [6.07, 6.45) is 0. The normalized spacial score (nSPS) is 10.9. The molecule has 0 atom stereocenters. The average molecular weight is 264 g/mol. The molecule has 0 saturated heterocycles. The molecule has 0 radical (unpaired) electrons. The molecule has 0 nitrogen and oxygen atoms in total. The lowest BCUT2D eigenvalue weighted by atomic mass is 9.95. The fourth-order valence-corrected chi connectivity index (χ4v) is 2.04. The molecule has 0 spiro atoms. The van der Waals surface area contributed by atoms with E-state index in [0.717, 1.165) is 11.1 Å². The second kappa shape index (κ2) is 4.72. The zero-order chi connectivity index (χ0) is 14.3. The van der Waals surface area contributed by atoms with Crippen molar-refractivity contribution < 1.29 is 13.2 Å². The Morgan fingerprint density at radius 2 is 1.26 bits per heavy atom. The van der Waals surface area contributed by atoms with Gasteiger partial charge in [0.1, 0.15) is 5.82 Å². The molecule has 2 aromatic rings. The van der Waals surface area contributed by atoms with E-state index < -0.39 is 17.5 Å². The quantitative estimate of drug-likeness (QED) is 0.635. The Bertz CT molecular complexity index is 629. The van der Waals surface area contributed by atoms with E-state index in [1.165, 1.54) is 13.8 Å². The zero-order valence-corrected chi connectivity index (χ0v) is 11.4. The Morgan fingerprint density at radius 1 is 0.684 bits per heavy atom. The van der Waals surface area contributed by atoms with Crippen LogP contribution < -0.4 is 0 Å². The van der Waals surface area contributed by atoms with Gasteiger partial charge in [-0.1, -0.05) is 18.2 Å². The third kappa shape index (κ3) is 2.14. The van der Waals surface area contributed by atoms with E-state index in [1.54, 1.807) is 18.2 Å². The Kier molecular flexibility index (Phi) is 3.40. The number of benzene rings is 2. The van der Waals surface area contributed by atoms with E-state index in [4.69, 9.17) is 0 Å². The molecule has 0 aliphatic heterocycles. The van der Waals surface area contributed by atoms with Gasteiger partial charge in [0.15, 0.2) is 11.6 Å². The first-order chi connectivity index (χ1) is 8.84. The van der Waals surface area contributed by atoms with Crippen LogP contribution in [0.3, 0.4) is 0 Å². The maximum atomic E-state index is 14.2. The first-order valence-corrected chi connectivity index (χ1v) is 6.05. The molecule has 0 bridgehead atoms. The first kappa shape index (κ1) is 13.7. The Labute approximate surface area is 110 Å². The van der Waals surface area contributed by atoms with E-state index in [0.29, 0.717) is 5.56 Å². The van der Waals surface area contributed by atoms with Crippen molar-refractivity contribution in [2.24, 2.45) is 0 Å². The van der Waals surface area contributed by atoms with Gasteiger partial charge in [0.05, 0.1) is 5.56 Å². The van der Waals surface area contributed by atoms with Crippen LogP contribution in [0.1, 0.15) is 22.3 Å². The minimum atomic E-state index is -1.12. The molecule has 0 aromatic heterocycles. The third-order valence-electron chi connectivity index (χ3n) is 3.65. The van der Waals surface area contributed by atoms with Crippen LogP contribution in [0.2, 0.25) is 0 Å². The summed E-state index contributed by atoms with van der Waals surface area (Å²) in [4.78, 5) is 0. The van der Waals surface area contributed by atoms with Crippen LogP contribution >= 0.6 is 0 Å². The van der Waals surface area contributed by atoms with Crippen LogP contribution in [0.5, 0.6) is 0 Å². The summed E-state index contributed by atoms with van der Waals surface area (Å²) in [6, 6.07) is 5.06. The lowest BCUT2D eigenvalue weighted by Crippen LogP contribution is -2.02. The van der Waals surface area contributed by atoms with Crippen LogP contribution in [0.4, 0.5) is 13.2 Å². The third-order valence-corrected chi connectivity index (χ3v) is 3.65. The molecule has 2 rings (SSSR count). The molecular formula is C16H15F3. The number of hydrogen-bond acceptors (Lipinski definition) is 0. The Hall–Kier alpha value is -1.77. The molecule has 0 saturated carbocycles. The number of hydrogen-bond donors (Lipinski definition) is 0. The van der Waals surface area contributed by atoms with Gasteiger partial charge in [0.2, 0.25) is 0 Å². The molecular weight excluding hydrogens is 249 g/mol. The predicted octanol–water partition coefficient (Wildman–Crippen LogP) is 5.00. The van der Waals surface area contributed by atoms with Crippen LogP contribution in [0.15, 0.2) is 18.2 Å². The van der Waals surface area contributed by atoms with Gasteiger partial charge in [-0.25, -0.2) is 13.2 Å². The van der Waals surface area contributed by atoms with Crippen molar-refractivity contribution in [1.82, 2.24) is 0 Å². The fraction of sp³-hybridized carbons (Fsp3) is 0.250. The highest BCUT2D eigenvalue weighted by Crippen LogP contribution is 2.32. The smallest absolute Gasteiger partial charge is 0.169 e. The summed E-state index contributed by atoms with van der Waals surface area (Å²) in [5.74, 6) is -2.80. The van der Waals surface area contributed by atoms with Crippen molar-refractivity contribution in [2.75, 3.05) is 0 Å². The summed E-state index contributed by atoms with van der Waals surface area (Å²) in [6.45, 7) is 6.59. The van der Waals surface area contributed by atoms with Gasteiger partial charge in [0, 0.05) is 0 Å². The van der Waals surface area contributed by atoms with Gasteiger partial charge >= 0.3 is 0 Å². The van der Waals surface area contributed by atoms with Crippen molar-refractivity contribution in [1.29, 1.82) is 0 Å². The highest BCUT2D eigenvalue weighted by atomic mass is 19.2. The number of aryl methyl sites for hydroxylation is 2. The van der Waals surface area contributed by atoms with Gasteiger partial charge in [-0.2, -0.15) is 0 Å². The van der Waals surface area contributed by atoms with Gasteiger partial charge in [-0.15, -0.1) is 0 Å². The highest BCUT2D eigenvalue weighted by molar-refractivity contribution is 5.68. The van der Waals surface area contributed by atoms with Crippen molar-refractivity contribution >= 4 is 0 Å². The van der Waals surface area contributed by atoms with Crippen molar-refractivity contribution in [3.05, 3.63) is 57.9 Å².